The minimum Gasteiger partial charge on any atom is -0.387 e. The van der Waals surface area contributed by atoms with Gasteiger partial charge in [-0.25, -0.2) is 22.5 Å². The minimum absolute atomic E-state index is 0.0544. The van der Waals surface area contributed by atoms with Crippen LogP contribution in [0.4, 0.5) is 17.6 Å². The number of carbonyl (C=O) groups is 1. The summed E-state index contributed by atoms with van der Waals surface area (Å²) in [6, 6.07) is 7.37. The van der Waals surface area contributed by atoms with Gasteiger partial charge in [0.15, 0.2) is 6.10 Å². The van der Waals surface area contributed by atoms with Crippen molar-refractivity contribution in [3.63, 3.8) is 0 Å². The van der Waals surface area contributed by atoms with Crippen molar-refractivity contribution in [2.45, 2.75) is 56.4 Å². The van der Waals surface area contributed by atoms with Crippen LogP contribution in [0.1, 0.15) is 77.4 Å². The molecule has 1 N–H and O–H groups in total. The van der Waals surface area contributed by atoms with Crippen molar-refractivity contribution in [2.24, 2.45) is 5.16 Å². The van der Waals surface area contributed by atoms with Crippen LogP contribution in [0.2, 0.25) is 0 Å². The normalized spacial score (nSPS) is 18.3. The van der Waals surface area contributed by atoms with E-state index in [4.69, 9.17) is 9.82 Å². The lowest BCUT2D eigenvalue weighted by atomic mass is 9.97. The summed E-state index contributed by atoms with van der Waals surface area (Å²) in [6.45, 7) is 0.150. The number of hydrogen-bond donors (Lipinski definition) is 1. The number of benzene rings is 1. The number of rotatable bonds is 9. The highest BCUT2D eigenvalue weighted by Gasteiger charge is 2.31. The molecule has 0 saturated carbocycles. The molecule has 2 aliphatic heterocycles. The van der Waals surface area contributed by atoms with Crippen LogP contribution in [-0.4, -0.2) is 57.3 Å². The van der Waals surface area contributed by atoms with E-state index >= 15 is 0 Å². The Labute approximate surface area is 236 Å². The Morgan fingerprint density at radius 3 is 2.56 bits per heavy atom. The zero-order valence-corrected chi connectivity index (χ0v) is 23.0. The fourth-order valence-electron chi connectivity index (χ4n) is 4.94. The number of piperidine rings is 1. The van der Waals surface area contributed by atoms with E-state index in [9.17, 15) is 35.3 Å². The third kappa shape index (κ3) is 6.76. The van der Waals surface area contributed by atoms with E-state index < -0.39 is 58.7 Å². The summed E-state index contributed by atoms with van der Waals surface area (Å²) in [5.41, 5.74) is 0.746. The van der Waals surface area contributed by atoms with Crippen LogP contribution in [0, 0.1) is 0 Å². The maximum absolute atomic E-state index is 13.3. The van der Waals surface area contributed by atoms with Crippen LogP contribution >= 0.6 is 11.3 Å². The molecule has 1 amide bonds. The third-order valence-electron chi connectivity index (χ3n) is 6.99. The molecule has 10 nitrogen and oxygen atoms in total. The van der Waals surface area contributed by atoms with E-state index in [0.29, 0.717) is 65.6 Å². The molecule has 4 heterocycles. The number of nitrogens with zero attached hydrogens (tertiary/aromatic N) is 5. The summed E-state index contributed by atoms with van der Waals surface area (Å²) in [4.78, 5) is 24.5. The molecular weight excluding hydrogens is 590 g/mol. The molecule has 5 rings (SSSR count). The van der Waals surface area contributed by atoms with Gasteiger partial charge < -0.3 is 9.74 Å². The van der Waals surface area contributed by atoms with Crippen molar-refractivity contribution in [2.75, 3.05) is 13.1 Å². The van der Waals surface area contributed by atoms with E-state index in [1.54, 1.807) is 24.3 Å². The van der Waals surface area contributed by atoms with Crippen molar-refractivity contribution >= 4 is 33.1 Å². The lowest BCUT2D eigenvalue weighted by molar-refractivity contribution is -0.133. The average Bonchev–Trinajstić information content (AvgIpc) is 3.68. The maximum atomic E-state index is 13.3. The van der Waals surface area contributed by atoms with Crippen molar-refractivity contribution in [1.29, 1.82) is 0 Å². The lowest BCUT2D eigenvalue weighted by Gasteiger charge is -2.31. The van der Waals surface area contributed by atoms with Crippen molar-refractivity contribution in [3.05, 3.63) is 68.9 Å². The van der Waals surface area contributed by atoms with Gasteiger partial charge in [-0.05, 0) is 30.0 Å². The lowest BCUT2D eigenvalue weighted by Crippen LogP contribution is -2.40. The molecule has 1 aromatic carbocycles. The fourth-order valence-corrected chi connectivity index (χ4v) is 6.60. The molecule has 16 heteroatoms. The van der Waals surface area contributed by atoms with Crippen molar-refractivity contribution < 1.29 is 40.2 Å². The summed E-state index contributed by atoms with van der Waals surface area (Å²) in [7, 11) is -4.23. The third-order valence-corrected chi connectivity index (χ3v) is 8.67. The summed E-state index contributed by atoms with van der Waals surface area (Å²) in [6.07, 6.45) is -5.06. The Bertz CT molecular complexity index is 1550. The molecule has 1 atom stereocenters. The molecule has 0 unspecified atom stereocenters. The monoisotopic (exact) mass is 615 g/mol. The van der Waals surface area contributed by atoms with Crippen LogP contribution < -0.4 is 0 Å². The second-order valence-corrected chi connectivity index (χ2v) is 12.1. The van der Waals surface area contributed by atoms with E-state index in [1.807, 2.05) is 5.38 Å². The number of likely N-dealkylation sites (tertiary alicyclic amines) is 1. The van der Waals surface area contributed by atoms with Crippen molar-refractivity contribution in [3.8, 4) is 0 Å². The molecule has 220 valence electrons. The van der Waals surface area contributed by atoms with E-state index in [-0.39, 0.29) is 5.92 Å². The zero-order chi connectivity index (χ0) is 29.3. The first-order valence-corrected chi connectivity index (χ1v) is 15.1. The van der Waals surface area contributed by atoms with E-state index in [2.05, 4.69) is 10.3 Å². The van der Waals surface area contributed by atoms with Gasteiger partial charge in [0, 0.05) is 30.8 Å². The molecule has 3 aromatic rings. The number of thiazole rings is 1. The molecule has 1 fully saturated rings. The first-order chi connectivity index (χ1) is 19.5. The fraction of sp³-hybridized carbons (Fsp3) is 0.440. The highest BCUT2D eigenvalue weighted by atomic mass is 32.2. The Morgan fingerprint density at radius 2 is 1.88 bits per heavy atom. The van der Waals surface area contributed by atoms with Gasteiger partial charge in [0.25, 0.3) is 23.0 Å². The Balaban J connectivity index is 1.18. The van der Waals surface area contributed by atoms with E-state index in [0.717, 1.165) is 5.01 Å². The molecule has 0 radical (unpaired) electrons. The maximum Gasteiger partial charge on any atom is 0.282 e. The smallest absolute Gasteiger partial charge is 0.282 e. The summed E-state index contributed by atoms with van der Waals surface area (Å²) < 4.78 is 85.1. The van der Waals surface area contributed by atoms with Gasteiger partial charge in [-0.1, -0.05) is 29.4 Å². The van der Waals surface area contributed by atoms with Crippen LogP contribution in [0.15, 0.2) is 40.9 Å². The van der Waals surface area contributed by atoms with Gasteiger partial charge in [-0.15, -0.1) is 11.3 Å². The second-order valence-electron chi connectivity index (χ2n) is 9.74. The molecular formula is C25H25F4N5O5S2. The van der Waals surface area contributed by atoms with Gasteiger partial charge >= 0.3 is 0 Å². The Morgan fingerprint density at radius 1 is 1.15 bits per heavy atom. The molecule has 1 saturated heterocycles. The largest absolute Gasteiger partial charge is 0.387 e. The van der Waals surface area contributed by atoms with Gasteiger partial charge in [0.1, 0.15) is 29.4 Å². The average molecular weight is 616 g/mol. The Kier molecular flexibility index (Phi) is 8.42. The number of amides is 1. The predicted molar refractivity (Wildman–Crippen MR) is 139 cm³/mol. The number of alkyl halides is 4. The number of carbonyl (C=O) groups excluding carboxylic acids is 1. The summed E-state index contributed by atoms with van der Waals surface area (Å²) in [5.74, 6) is -0.961. The first kappa shape index (κ1) is 29.1. The van der Waals surface area contributed by atoms with Gasteiger partial charge in [-0.3, -0.25) is 14.0 Å². The zero-order valence-electron chi connectivity index (χ0n) is 21.4. The highest BCUT2D eigenvalue weighted by Crippen LogP contribution is 2.35. The minimum atomic E-state index is -4.23. The number of halogens is 4. The Hall–Kier alpha value is -3.37. The van der Waals surface area contributed by atoms with Gasteiger partial charge in [-0.2, -0.15) is 13.5 Å². The second kappa shape index (κ2) is 11.9. The number of hydrogen-bond acceptors (Lipinski definition) is 8. The molecule has 0 spiro atoms. The molecule has 0 aliphatic carbocycles. The first-order valence-electron chi connectivity index (χ1n) is 12.6. The van der Waals surface area contributed by atoms with Crippen LogP contribution in [0.25, 0.3) is 0 Å². The summed E-state index contributed by atoms with van der Waals surface area (Å²) in [5, 5.41) is 10.3. The van der Waals surface area contributed by atoms with E-state index in [1.165, 1.54) is 16.2 Å². The molecule has 41 heavy (non-hydrogen) atoms. The SMILES string of the molecule is O=C(Cn1nc(C(F)F)cc1C(F)F)N1CCC(c2nc(C3=NO[C@H](c4ccccc4CS(=O)(=O)O)C3)cs2)CC1. The predicted octanol–water partition coefficient (Wildman–Crippen LogP) is 4.87. The van der Waals surface area contributed by atoms with Crippen LogP contribution in [-0.2, 0) is 32.0 Å². The van der Waals surface area contributed by atoms with Crippen molar-refractivity contribution in [1.82, 2.24) is 19.7 Å². The quantitative estimate of drug-likeness (QED) is 0.269. The number of oxime groups is 1. The standard InChI is InChI=1S/C25H25F4N5O5S2/c26-23(27)18-9-20(24(28)29)34(31-18)11-22(35)33-7-5-14(6-8-33)25-30-19(12-40-25)17-10-21(39-32-17)16-4-2-1-3-15(16)13-41(36,37)38/h1-4,9,12,14,21,23-24H,5-8,10-11,13H2,(H,36,37,38)/t21-/m0/s1. The molecule has 2 aromatic heterocycles. The summed E-state index contributed by atoms with van der Waals surface area (Å²) >= 11 is 1.44. The topological polar surface area (TPSA) is 127 Å². The van der Waals surface area contributed by atoms with Crippen LogP contribution in [0.5, 0.6) is 0 Å². The molecule has 0 bridgehead atoms. The highest BCUT2D eigenvalue weighted by molar-refractivity contribution is 7.85. The van der Waals surface area contributed by atoms with Gasteiger partial charge in [0.05, 0.1) is 10.7 Å². The molecule has 2 aliphatic rings. The van der Waals surface area contributed by atoms with Crippen LogP contribution in [0.3, 0.4) is 0 Å². The number of aromatic nitrogens is 3. The van der Waals surface area contributed by atoms with Gasteiger partial charge in [0.2, 0.25) is 5.91 Å².